The number of ketones is 1. The standard InChI is InChI=1S/C32H31N5O6/c1-3-43-31(41)23-12-7-8-14-25(23)34-32(42)35-26-15-9-13-22-24(18-33-27(22)26)28(38)30(40)37-17-16-36(19-20(37)2)29(39)21-10-5-4-6-11-21/h4-15,18,20,33H,3,16-17,19H2,1-2H3,(H2,34,35,42). The number of esters is 1. The third-order valence-corrected chi connectivity index (χ3v) is 7.27. The number of Topliss-reactive ketones (excluding diaryl/α,β-unsaturated/α-hetero) is 1. The van der Waals surface area contributed by atoms with E-state index in [0.29, 0.717) is 35.2 Å². The zero-order valence-electron chi connectivity index (χ0n) is 23.8. The lowest BCUT2D eigenvalue weighted by atomic mass is 10.1. The molecule has 0 spiro atoms. The van der Waals surface area contributed by atoms with Crippen LogP contribution in [-0.2, 0) is 9.53 Å². The van der Waals surface area contributed by atoms with Gasteiger partial charge >= 0.3 is 12.0 Å². The van der Waals surface area contributed by atoms with Gasteiger partial charge in [-0.15, -0.1) is 0 Å². The van der Waals surface area contributed by atoms with E-state index in [9.17, 15) is 24.0 Å². The van der Waals surface area contributed by atoms with E-state index in [1.165, 1.54) is 11.1 Å². The lowest BCUT2D eigenvalue weighted by Crippen LogP contribution is -2.56. The zero-order valence-corrected chi connectivity index (χ0v) is 23.8. The summed E-state index contributed by atoms with van der Waals surface area (Å²) in [7, 11) is 0. The summed E-state index contributed by atoms with van der Waals surface area (Å²) < 4.78 is 5.06. The second-order valence-electron chi connectivity index (χ2n) is 10.1. The molecule has 4 amide bonds. The predicted octanol–water partition coefficient (Wildman–Crippen LogP) is 4.54. The number of nitrogens with one attached hydrogen (secondary N) is 3. The van der Waals surface area contributed by atoms with Crippen molar-refractivity contribution in [2.45, 2.75) is 19.9 Å². The molecule has 11 nitrogen and oxygen atoms in total. The van der Waals surface area contributed by atoms with Crippen molar-refractivity contribution in [2.75, 3.05) is 36.9 Å². The minimum atomic E-state index is -0.689. The van der Waals surface area contributed by atoms with Gasteiger partial charge in [0.05, 0.1) is 34.6 Å². The Labute approximate surface area is 247 Å². The van der Waals surface area contributed by atoms with Gasteiger partial charge in [0.25, 0.3) is 17.6 Å². The monoisotopic (exact) mass is 581 g/mol. The maximum atomic E-state index is 13.4. The molecule has 1 saturated heterocycles. The van der Waals surface area contributed by atoms with Gasteiger partial charge < -0.3 is 30.2 Å². The average Bonchev–Trinajstić information content (AvgIpc) is 3.46. The van der Waals surface area contributed by atoms with Crippen LogP contribution in [-0.4, -0.2) is 76.7 Å². The second-order valence-corrected chi connectivity index (χ2v) is 10.1. The third-order valence-electron chi connectivity index (χ3n) is 7.27. The number of benzene rings is 3. The largest absolute Gasteiger partial charge is 0.462 e. The fraction of sp³-hybridized carbons (Fsp3) is 0.219. The normalized spacial score (nSPS) is 14.7. The van der Waals surface area contributed by atoms with Gasteiger partial charge in [0.2, 0.25) is 0 Å². The summed E-state index contributed by atoms with van der Waals surface area (Å²) >= 11 is 0. The van der Waals surface area contributed by atoms with E-state index in [0.717, 1.165) is 0 Å². The Hall–Kier alpha value is -5.45. The molecule has 220 valence electrons. The van der Waals surface area contributed by atoms with Crippen LogP contribution < -0.4 is 10.6 Å². The highest BCUT2D eigenvalue weighted by molar-refractivity contribution is 6.45. The summed E-state index contributed by atoms with van der Waals surface area (Å²) in [6, 6.07) is 19.5. The molecule has 11 heteroatoms. The second kappa shape index (κ2) is 12.6. The molecule has 0 bridgehead atoms. The molecule has 1 aromatic heterocycles. The van der Waals surface area contributed by atoms with Crippen LogP contribution in [0.15, 0.2) is 79.0 Å². The van der Waals surface area contributed by atoms with E-state index in [2.05, 4.69) is 15.6 Å². The first-order chi connectivity index (χ1) is 20.8. The number of anilines is 2. The molecular formula is C32H31N5O6. The van der Waals surface area contributed by atoms with Gasteiger partial charge in [-0.05, 0) is 44.2 Å². The summed E-state index contributed by atoms with van der Waals surface area (Å²) in [4.78, 5) is 70.9. The molecule has 1 aliphatic heterocycles. The number of rotatable bonds is 7. The maximum Gasteiger partial charge on any atom is 0.340 e. The van der Waals surface area contributed by atoms with Crippen molar-refractivity contribution in [3.05, 3.63) is 95.7 Å². The predicted molar refractivity (Wildman–Crippen MR) is 161 cm³/mol. The van der Waals surface area contributed by atoms with E-state index in [-0.39, 0.29) is 41.9 Å². The highest BCUT2D eigenvalue weighted by Gasteiger charge is 2.34. The summed E-state index contributed by atoms with van der Waals surface area (Å²) in [6.45, 7) is 4.55. The molecule has 1 aliphatic rings. The van der Waals surface area contributed by atoms with Crippen molar-refractivity contribution in [3.8, 4) is 0 Å². The van der Waals surface area contributed by atoms with Crippen LogP contribution in [0, 0.1) is 0 Å². The van der Waals surface area contributed by atoms with Crippen molar-refractivity contribution < 1.29 is 28.7 Å². The number of amides is 4. The number of carbonyl (C=O) groups is 5. The maximum absolute atomic E-state index is 13.4. The Morgan fingerprint density at radius 1 is 0.860 bits per heavy atom. The Balaban J connectivity index is 1.28. The first kappa shape index (κ1) is 29.1. The van der Waals surface area contributed by atoms with Gasteiger partial charge in [-0.25, -0.2) is 9.59 Å². The van der Waals surface area contributed by atoms with Crippen molar-refractivity contribution in [3.63, 3.8) is 0 Å². The number of nitrogens with zero attached hydrogens (tertiary/aromatic N) is 2. The molecule has 43 heavy (non-hydrogen) atoms. The molecule has 5 rings (SSSR count). The number of urea groups is 1. The smallest absolute Gasteiger partial charge is 0.340 e. The van der Waals surface area contributed by atoms with Gasteiger partial charge in [0, 0.05) is 42.8 Å². The van der Waals surface area contributed by atoms with Gasteiger partial charge in [-0.1, -0.05) is 42.5 Å². The number of carbonyl (C=O) groups excluding carboxylic acids is 5. The number of H-pyrrole nitrogens is 1. The summed E-state index contributed by atoms with van der Waals surface area (Å²) in [5, 5.41) is 5.86. The Kier molecular flexibility index (Phi) is 8.51. The van der Waals surface area contributed by atoms with Gasteiger partial charge in [0.15, 0.2) is 0 Å². The van der Waals surface area contributed by atoms with Gasteiger partial charge in [0.1, 0.15) is 0 Å². The van der Waals surface area contributed by atoms with E-state index < -0.39 is 23.7 Å². The average molecular weight is 582 g/mol. The number of fused-ring (bicyclic) bond motifs is 1. The fourth-order valence-corrected chi connectivity index (χ4v) is 5.15. The van der Waals surface area contributed by atoms with Crippen molar-refractivity contribution in [1.82, 2.24) is 14.8 Å². The first-order valence-electron chi connectivity index (χ1n) is 13.9. The molecule has 0 saturated carbocycles. The molecule has 3 aromatic carbocycles. The summed E-state index contributed by atoms with van der Waals surface area (Å²) in [5.41, 5.74) is 2.06. The van der Waals surface area contributed by atoms with Crippen LogP contribution in [0.25, 0.3) is 10.9 Å². The molecule has 1 atom stereocenters. The third kappa shape index (κ3) is 6.10. The fourth-order valence-electron chi connectivity index (χ4n) is 5.15. The summed E-state index contributed by atoms with van der Waals surface area (Å²) in [6.07, 6.45) is 1.45. The van der Waals surface area contributed by atoms with Crippen molar-refractivity contribution >= 4 is 51.9 Å². The van der Waals surface area contributed by atoms with E-state index in [4.69, 9.17) is 4.74 Å². The lowest BCUT2D eigenvalue weighted by molar-refractivity contribution is -0.130. The van der Waals surface area contributed by atoms with E-state index in [1.807, 2.05) is 13.0 Å². The van der Waals surface area contributed by atoms with Crippen molar-refractivity contribution in [1.29, 1.82) is 0 Å². The van der Waals surface area contributed by atoms with Crippen LogP contribution in [0.3, 0.4) is 0 Å². The number of aromatic nitrogens is 1. The number of para-hydroxylation sites is 2. The van der Waals surface area contributed by atoms with Crippen LogP contribution in [0.1, 0.15) is 44.9 Å². The molecule has 3 N–H and O–H groups in total. The highest BCUT2D eigenvalue weighted by atomic mass is 16.5. The van der Waals surface area contributed by atoms with Gasteiger partial charge in [-0.2, -0.15) is 0 Å². The number of aromatic amines is 1. The molecule has 1 fully saturated rings. The van der Waals surface area contributed by atoms with Crippen LogP contribution in [0.5, 0.6) is 0 Å². The highest BCUT2D eigenvalue weighted by Crippen LogP contribution is 2.27. The van der Waals surface area contributed by atoms with Crippen molar-refractivity contribution in [2.24, 2.45) is 0 Å². The molecular weight excluding hydrogens is 550 g/mol. The topological polar surface area (TPSA) is 141 Å². The van der Waals surface area contributed by atoms with Crippen LogP contribution >= 0.6 is 0 Å². The minimum Gasteiger partial charge on any atom is -0.462 e. The number of ether oxygens (including phenoxy) is 1. The molecule has 0 aliphatic carbocycles. The van der Waals surface area contributed by atoms with E-state index >= 15 is 0 Å². The SMILES string of the molecule is CCOC(=O)c1ccccc1NC(=O)Nc1cccc2c(C(=O)C(=O)N3CCN(C(=O)c4ccccc4)CC3C)c[nH]c12. The minimum absolute atomic E-state index is 0.115. The van der Waals surface area contributed by atoms with Crippen LogP contribution in [0.4, 0.5) is 16.2 Å². The Morgan fingerprint density at radius 3 is 2.30 bits per heavy atom. The number of hydrogen-bond donors (Lipinski definition) is 3. The molecule has 4 aromatic rings. The molecule has 2 heterocycles. The quantitative estimate of drug-likeness (QED) is 0.166. The molecule has 1 unspecified atom stereocenters. The van der Waals surface area contributed by atoms with E-state index in [1.54, 1.807) is 78.6 Å². The van der Waals surface area contributed by atoms with Crippen LogP contribution in [0.2, 0.25) is 0 Å². The first-order valence-corrected chi connectivity index (χ1v) is 13.9. The Bertz CT molecular complexity index is 1700. The zero-order chi connectivity index (χ0) is 30.5. The number of piperazine rings is 1. The summed E-state index contributed by atoms with van der Waals surface area (Å²) in [5.74, 6) is -2.02. The Morgan fingerprint density at radius 2 is 1.56 bits per heavy atom. The van der Waals surface area contributed by atoms with Gasteiger partial charge in [-0.3, -0.25) is 14.4 Å². The lowest BCUT2D eigenvalue weighted by Gasteiger charge is -2.39. The number of hydrogen-bond acceptors (Lipinski definition) is 6. The molecule has 0 radical (unpaired) electrons.